The smallest absolute Gasteiger partial charge is 0.341 e. The topological polar surface area (TPSA) is 95.2 Å². The van der Waals surface area contributed by atoms with E-state index in [1.54, 1.807) is 0 Å². The number of hydrogen-bond donors (Lipinski definition) is 2. The van der Waals surface area contributed by atoms with Crippen LogP contribution in [0.3, 0.4) is 0 Å². The van der Waals surface area contributed by atoms with E-state index in [0.29, 0.717) is 18.6 Å². The molecule has 1 atom stereocenters. The summed E-state index contributed by atoms with van der Waals surface area (Å²) in [5, 5.41) is 18.9. The van der Waals surface area contributed by atoms with Gasteiger partial charge in [-0.3, -0.25) is 4.79 Å². The van der Waals surface area contributed by atoms with Gasteiger partial charge in [-0.2, -0.15) is 0 Å². The minimum atomic E-state index is -1.39. The Morgan fingerprint density at radius 3 is 2.67 bits per heavy atom. The molecule has 0 radical (unpaired) electrons. The van der Waals surface area contributed by atoms with Gasteiger partial charge in [-0.15, -0.1) is 0 Å². The van der Waals surface area contributed by atoms with E-state index in [9.17, 15) is 19.8 Å². The van der Waals surface area contributed by atoms with Crippen LogP contribution in [0.15, 0.2) is 17.1 Å². The lowest BCUT2D eigenvalue weighted by Crippen LogP contribution is -2.45. The number of carbonyl (C=O) groups is 1. The summed E-state index contributed by atoms with van der Waals surface area (Å²) >= 11 is 0. The van der Waals surface area contributed by atoms with E-state index in [1.165, 1.54) is 10.8 Å². The molecule has 1 aromatic heterocycles. The van der Waals surface area contributed by atoms with Crippen molar-refractivity contribution >= 4 is 22.6 Å². The van der Waals surface area contributed by atoms with Crippen molar-refractivity contribution in [1.29, 1.82) is 0 Å². The van der Waals surface area contributed by atoms with Gasteiger partial charge in [0.1, 0.15) is 17.9 Å². The first kappa shape index (κ1) is 17.7. The first-order valence-corrected chi connectivity index (χ1v) is 8.74. The van der Waals surface area contributed by atoms with Crippen LogP contribution in [-0.4, -0.2) is 72.1 Å². The number of aliphatic hydroxyl groups excluding tert-OH is 1. The summed E-state index contributed by atoms with van der Waals surface area (Å²) in [7, 11) is 1.99. The van der Waals surface area contributed by atoms with E-state index in [1.807, 2.05) is 11.9 Å². The number of likely N-dealkylation sites (N-methyl/N-ethyl adjacent to an activating group) is 1. The number of piperazine rings is 1. The third-order valence-electron chi connectivity index (χ3n) is 5.27. The van der Waals surface area contributed by atoms with Gasteiger partial charge in [0.25, 0.3) is 0 Å². The molecule has 144 valence electrons. The first-order valence-electron chi connectivity index (χ1n) is 8.74. The lowest BCUT2D eigenvalue weighted by Gasteiger charge is -2.37. The molecule has 8 nitrogen and oxygen atoms in total. The lowest BCUT2D eigenvalue weighted by molar-refractivity contribution is 0.0693. The van der Waals surface area contributed by atoms with Gasteiger partial charge in [0.15, 0.2) is 11.6 Å². The van der Waals surface area contributed by atoms with Crippen molar-refractivity contribution in [2.24, 2.45) is 0 Å². The summed E-state index contributed by atoms with van der Waals surface area (Å²) < 4.78 is 22.3. The van der Waals surface area contributed by atoms with E-state index < -0.39 is 28.8 Å². The molecule has 0 aliphatic carbocycles. The van der Waals surface area contributed by atoms with Gasteiger partial charge >= 0.3 is 5.97 Å². The average molecular weight is 377 g/mol. The third-order valence-corrected chi connectivity index (χ3v) is 5.27. The Labute approximate surface area is 154 Å². The van der Waals surface area contributed by atoms with Gasteiger partial charge in [0, 0.05) is 32.4 Å². The fraction of sp³-hybridized carbons (Fsp3) is 0.444. The molecule has 1 unspecified atom stereocenters. The van der Waals surface area contributed by atoms with Gasteiger partial charge in [-0.05, 0) is 13.1 Å². The van der Waals surface area contributed by atoms with Gasteiger partial charge in [0.2, 0.25) is 5.43 Å². The SMILES string of the molecule is CN1CCN(c2c(F)cc3c(=O)c(C(=O)O)cn4c3c2OCC4CO)CC1. The third kappa shape index (κ3) is 2.74. The molecule has 0 bridgehead atoms. The summed E-state index contributed by atoms with van der Waals surface area (Å²) in [4.78, 5) is 28.1. The van der Waals surface area contributed by atoms with Crippen LogP contribution >= 0.6 is 0 Å². The number of aromatic carboxylic acids is 1. The molecule has 9 heteroatoms. The number of ether oxygens (including phenoxy) is 1. The van der Waals surface area contributed by atoms with Crippen LogP contribution in [-0.2, 0) is 0 Å². The van der Waals surface area contributed by atoms with Crippen molar-refractivity contribution in [3.05, 3.63) is 33.9 Å². The van der Waals surface area contributed by atoms with Crippen LogP contribution in [0.5, 0.6) is 5.75 Å². The molecule has 2 aromatic rings. The monoisotopic (exact) mass is 377 g/mol. The Morgan fingerprint density at radius 2 is 2.04 bits per heavy atom. The van der Waals surface area contributed by atoms with Crippen LogP contribution in [0.25, 0.3) is 10.9 Å². The number of carboxylic acids is 1. The lowest BCUT2D eigenvalue weighted by atomic mass is 10.0. The second kappa shape index (κ2) is 6.50. The molecule has 0 saturated carbocycles. The number of hydrogen-bond acceptors (Lipinski definition) is 6. The minimum Gasteiger partial charge on any atom is -0.487 e. The predicted octanol–water partition coefficient (Wildman–Crippen LogP) is 0.516. The number of aliphatic hydroxyl groups is 1. The molecule has 2 aliphatic rings. The highest BCUT2D eigenvalue weighted by molar-refractivity contribution is 5.97. The molecule has 4 rings (SSSR count). The summed E-state index contributed by atoms with van der Waals surface area (Å²) in [6, 6.07) is 0.533. The Balaban J connectivity index is 2.01. The molecule has 0 amide bonds. The maximum absolute atomic E-state index is 15.0. The summed E-state index contributed by atoms with van der Waals surface area (Å²) in [6.45, 7) is 2.51. The highest BCUT2D eigenvalue weighted by Gasteiger charge is 2.31. The van der Waals surface area contributed by atoms with E-state index in [-0.39, 0.29) is 30.0 Å². The van der Waals surface area contributed by atoms with Gasteiger partial charge in [-0.25, -0.2) is 9.18 Å². The number of rotatable bonds is 3. The van der Waals surface area contributed by atoms with E-state index in [0.717, 1.165) is 19.2 Å². The van der Waals surface area contributed by atoms with Crippen LogP contribution in [0.2, 0.25) is 0 Å². The van der Waals surface area contributed by atoms with Crippen molar-refractivity contribution in [3.8, 4) is 5.75 Å². The summed E-state index contributed by atoms with van der Waals surface area (Å²) in [6.07, 6.45) is 1.21. The Morgan fingerprint density at radius 1 is 1.33 bits per heavy atom. The van der Waals surface area contributed by atoms with E-state index >= 15 is 4.39 Å². The molecule has 1 saturated heterocycles. The highest BCUT2D eigenvalue weighted by Crippen LogP contribution is 2.42. The van der Waals surface area contributed by atoms with E-state index in [4.69, 9.17) is 4.74 Å². The van der Waals surface area contributed by atoms with E-state index in [2.05, 4.69) is 4.90 Å². The number of pyridine rings is 1. The second-order valence-corrected chi connectivity index (χ2v) is 6.95. The molecule has 2 N–H and O–H groups in total. The van der Waals surface area contributed by atoms with Crippen molar-refractivity contribution in [3.63, 3.8) is 0 Å². The summed E-state index contributed by atoms with van der Waals surface area (Å²) in [5.41, 5.74) is -0.615. The number of anilines is 1. The summed E-state index contributed by atoms with van der Waals surface area (Å²) in [5.74, 6) is -1.78. The zero-order chi connectivity index (χ0) is 19.3. The fourth-order valence-electron chi connectivity index (χ4n) is 3.75. The van der Waals surface area contributed by atoms with Gasteiger partial charge in [0.05, 0.1) is 23.6 Å². The van der Waals surface area contributed by atoms with Crippen LogP contribution in [0.4, 0.5) is 10.1 Å². The van der Waals surface area contributed by atoms with Crippen LogP contribution in [0, 0.1) is 5.82 Å². The first-order chi connectivity index (χ1) is 12.9. The molecule has 27 heavy (non-hydrogen) atoms. The average Bonchev–Trinajstić information content (AvgIpc) is 2.65. The van der Waals surface area contributed by atoms with Crippen molar-refractivity contribution in [2.75, 3.05) is 51.3 Å². The Hall–Kier alpha value is -2.65. The standard InChI is InChI=1S/C18H20FN3O5/c1-20-2-4-21(5-3-20)15-13(19)6-11-14-17(15)27-9-10(8-23)22(14)7-12(16(11)24)18(25)26/h6-7,10,23H,2-5,8-9H2,1H3,(H,25,26). The van der Waals surface area contributed by atoms with Crippen LogP contribution in [0.1, 0.15) is 16.4 Å². The van der Waals surface area contributed by atoms with Gasteiger partial charge < -0.3 is 29.3 Å². The number of aromatic nitrogens is 1. The quantitative estimate of drug-likeness (QED) is 0.805. The van der Waals surface area contributed by atoms with Crippen molar-refractivity contribution in [2.45, 2.75) is 6.04 Å². The number of carboxylic acid groups (broad SMARTS) is 1. The normalized spacial score (nSPS) is 20.0. The molecule has 1 aromatic carbocycles. The predicted molar refractivity (Wildman–Crippen MR) is 96.5 cm³/mol. The van der Waals surface area contributed by atoms with Crippen molar-refractivity contribution < 1.29 is 24.1 Å². The maximum Gasteiger partial charge on any atom is 0.341 e. The van der Waals surface area contributed by atoms with Gasteiger partial charge in [-0.1, -0.05) is 0 Å². The number of halogens is 1. The molecular weight excluding hydrogens is 357 g/mol. The highest BCUT2D eigenvalue weighted by atomic mass is 19.1. The number of nitrogens with zero attached hydrogens (tertiary/aromatic N) is 3. The molecular formula is C18H20FN3O5. The zero-order valence-electron chi connectivity index (χ0n) is 14.8. The molecule has 1 fully saturated rings. The number of benzene rings is 1. The molecule has 3 heterocycles. The fourth-order valence-corrected chi connectivity index (χ4v) is 3.75. The zero-order valence-corrected chi connectivity index (χ0v) is 14.8. The second-order valence-electron chi connectivity index (χ2n) is 6.95. The van der Waals surface area contributed by atoms with Crippen LogP contribution < -0.4 is 15.1 Å². The maximum atomic E-state index is 15.0. The molecule has 0 spiro atoms. The van der Waals surface area contributed by atoms with Crippen molar-refractivity contribution in [1.82, 2.24) is 9.47 Å². The Kier molecular flexibility index (Phi) is 4.27. The minimum absolute atomic E-state index is 0.0570. The molecule has 2 aliphatic heterocycles. The Bertz CT molecular complexity index is 981. The largest absolute Gasteiger partial charge is 0.487 e.